The first-order valence-electron chi connectivity index (χ1n) is 6.51. The second-order valence-corrected chi connectivity index (χ2v) is 5.49. The first-order chi connectivity index (χ1) is 8.76. The van der Waals surface area contributed by atoms with E-state index in [0.29, 0.717) is 11.9 Å². The third-order valence-electron chi connectivity index (χ3n) is 3.64. The van der Waals surface area contributed by atoms with Gasteiger partial charge in [-0.3, -0.25) is 4.90 Å². The van der Waals surface area contributed by atoms with E-state index in [9.17, 15) is 4.39 Å². The Hall–Kier alpha value is -0.800. The Balaban J connectivity index is 1.62. The number of hydrogen-bond acceptors (Lipinski definition) is 2. The van der Waals surface area contributed by atoms with Crippen LogP contribution in [0.3, 0.4) is 0 Å². The van der Waals surface area contributed by atoms with Crippen molar-refractivity contribution in [1.82, 2.24) is 4.90 Å². The molecule has 2 nitrogen and oxygen atoms in total. The molecular weight excluding hydrogens is 253 g/mol. The summed E-state index contributed by atoms with van der Waals surface area (Å²) in [5, 5.41) is 0. The highest BCUT2D eigenvalue weighted by Gasteiger charge is 2.32. The van der Waals surface area contributed by atoms with Gasteiger partial charge in [-0.05, 0) is 31.0 Å². The van der Waals surface area contributed by atoms with Gasteiger partial charge in [0.2, 0.25) is 0 Å². The summed E-state index contributed by atoms with van der Waals surface area (Å²) in [4.78, 5) is 2.40. The van der Waals surface area contributed by atoms with Crippen LogP contribution in [0.15, 0.2) is 18.2 Å². The highest BCUT2D eigenvalue weighted by atomic mass is 35.5. The molecule has 3 rings (SSSR count). The van der Waals surface area contributed by atoms with Crippen LogP contribution < -0.4 is 4.74 Å². The van der Waals surface area contributed by atoms with E-state index < -0.39 is 0 Å². The Morgan fingerprint density at radius 3 is 2.94 bits per heavy atom. The summed E-state index contributed by atoms with van der Waals surface area (Å²) in [6.45, 7) is 1.81. The predicted octanol–water partition coefficient (Wildman–Crippen LogP) is 2.83. The van der Waals surface area contributed by atoms with Gasteiger partial charge >= 0.3 is 0 Å². The Bertz CT molecular complexity index is 436. The minimum atomic E-state index is -0.183. The van der Waals surface area contributed by atoms with Crippen molar-refractivity contribution in [3.63, 3.8) is 0 Å². The summed E-state index contributed by atoms with van der Waals surface area (Å²) in [5.74, 6) is 1.31. The van der Waals surface area contributed by atoms with Gasteiger partial charge in [0.25, 0.3) is 0 Å². The fraction of sp³-hybridized carbons (Fsp3) is 0.571. The van der Waals surface area contributed by atoms with Gasteiger partial charge in [-0.2, -0.15) is 0 Å². The lowest BCUT2D eigenvalue weighted by Crippen LogP contribution is -2.37. The third kappa shape index (κ3) is 2.62. The lowest BCUT2D eigenvalue weighted by atomic mass is 10.1. The van der Waals surface area contributed by atoms with Gasteiger partial charge in [0.15, 0.2) is 0 Å². The van der Waals surface area contributed by atoms with E-state index in [-0.39, 0.29) is 11.9 Å². The first kappa shape index (κ1) is 12.2. The lowest BCUT2D eigenvalue weighted by Gasteiger charge is -2.24. The molecule has 1 unspecified atom stereocenters. The number of nitrogens with zero attached hydrogens (tertiary/aromatic N) is 1. The van der Waals surface area contributed by atoms with Crippen molar-refractivity contribution in [2.24, 2.45) is 0 Å². The van der Waals surface area contributed by atoms with Crippen LogP contribution in [0.1, 0.15) is 18.4 Å². The van der Waals surface area contributed by atoms with Crippen LogP contribution in [-0.2, 0) is 6.42 Å². The molecule has 98 valence electrons. The van der Waals surface area contributed by atoms with Crippen molar-refractivity contribution in [3.8, 4) is 5.75 Å². The van der Waals surface area contributed by atoms with Crippen molar-refractivity contribution in [1.29, 1.82) is 0 Å². The molecule has 0 N–H and O–H groups in total. The van der Waals surface area contributed by atoms with E-state index in [1.54, 1.807) is 12.1 Å². The predicted molar refractivity (Wildman–Crippen MR) is 69.8 cm³/mol. The Morgan fingerprint density at radius 1 is 1.39 bits per heavy atom. The number of benzene rings is 1. The van der Waals surface area contributed by atoms with Gasteiger partial charge in [-0.25, -0.2) is 4.39 Å². The van der Waals surface area contributed by atoms with E-state index >= 15 is 0 Å². The summed E-state index contributed by atoms with van der Waals surface area (Å²) in [6.07, 6.45) is 3.49. The zero-order valence-corrected chi connectivity index (χ0v) is 11.0. The largest absolute Gasteiger partial charge is 0.488 e. The molecule has 1 aliphatic heterocycles. The maximum atomic E-state index is 13.1. The molecule has 1 aliphatic carbocycles. The molecular formula is C14H17ClFNO. The van der Waals surface area contributed by atoms with Crippen LogP contribution in [0, 0.1) is 5.82 Å². The van der Waals surface area contributed by atoms with E-state index in [4.69, 9.17) is 16.3 Å². The van der Waals surface area contributed by atoms with E-state index in [1.165, 1.54) is 18.9 Å². The standard InChI is InChI=1S/C14H17ClFNO/c15-5-6-17(12-2-3-12)9-13-8-10-7-11(16)1-4-14(10)18-13/h1,4,7,12-13H,2-3,5-6,8-9H2. The number of halogens is 2. The summed E-state index contributed by atoms with van der Waals surface area (Å²) in [5.41, 5.74) is 0.988. The molecule has 0 radical (unpaired) electrons. The molecule has 1 saturated carbocycles. The molecule has 0 spiro atoms. The van der Waals surface area contributed by atoms with Gasteiger partial charge in [0.05, 0.1) is 0 Å². The fourth-order valence-electron chi connectivity index (χ4n) is 2.62. The second-order valence-electron chi connectivity index (χ2n) is 5.11. The summed E-state index contributed by atoms with van der Waals surface area (Å²) < 4.78 is 19.0. The number of ether oxygens (including phenoxy) is 1. The number of hydrogen-bond donors (Lipinski definition) is 0. The van der Waals surface area contributed by atoms with E-state index in [0.717, 1.165) is 30.8 Å². The average Bonchev–Trinajstić information content (AvgIpc) is 3.10. The number of rotatable bonds is 5. The maximum absolute atomic E-state index is 13.1. The van der Waals surface area contributed by atoms with Crippen LogP contribution in [-0.4, -0.2) is 36.0 Å². The van der Waals surface area contributed by atoms with Gasteiger partial charge in [-0.15, -0.1) is 11.6 Å². The molecule has 2 aliphatic rings. The molecule has 1 aromatic carbocycles. The van der Waals surface area contributed by atoms with E-state index in [1.807, 2.05) is 0 Å². The van der Waals surface area contributed by atoms with Gasteiger partial charge < -0.3 is 4.74 Å². The lowest BCUT2D eigenvalue weighted by molar-refractivity contribution is 0.150. The van der Waals surface area contributed by atoms with Crippen molar-refractivity contribution in [2.45, 2.75) is 31.4 Å². The minimum absolute atomic E-state index is 0.144. The molecule has 0 saturated heterocycles. The van der Waals surface area contributed by atoms with Crippen LogP contribution in [0.25, 0.3) is 0 Å². The SMILES string of the molecule is Fc1ccc2c(c1)CC(CN(CCCl)C1CC1)O2. The van der Waals surface area contributed by atoms with Crippen LogP contribution >= 0.6 is 11.6 Å². The summed E-state index contributed by atoms with van der Waals surface area (Å²) in [7, 11) is 0. The van der Waals surface area contributed by atoms with Crippen molar-refractivity contribution in [2.75, 3.05) is 19.0 Å². The maximum Gasteiger partial charge on any atom is 0.123 e. The average molecular weight is 270 g/mol. The molecule has 4 heteroatoms. The van der Waals surface area contributed by atoms with Gasteiger partial charge in [0.1, 0.15) is 17.7 Å². The first-order valence-corrected chi connectivity index (χ1v) is 7.05. The number of alkyl halides is 1. The molecule has 1 heterocycles. The Kier molecular flexibility index (Phi) is 3.44. The molecule has 0 bridgehead atoms. The summed E-state index contributed by atoms with van der Waals surface area (Å²) >= 11 is 5.83. The smallest absolute Gasteiger partial charge is 0.123 e. The van der Waals surface area contributed by atoms with Crippen molar-refractivity contribution in [3.05, 3.63) is 29.6 Å². The van der Waals surface area contributed by atoms with Gasteiger partial charge in [-0.1, -0.05) is 0 Å². The molecule has 1 fully saturated rings. The van der Waals surface area contributed by atoms with Crippen LogP contribution in [0.2, 0.25) is 0 Å². The van der Waals surface area contributed by atoms with Crippen LogP contribution in [0.4, 0.5) is 4.39 Å². The second kappa shape index (κ2) is 5.06. The van der Waals surface area contributed by atoms with E-state index in [2.05, 4.69) is 4.90 Å². The zero-order valence-electron chi connectivity index (χ0n) is 10.2. The van der Waals surface area contributed by atoms with Crippen molar-refractivity contribution < 1.29 is 9.13 Å². The Labute approximate surface area is 112 Å². The molecule has 18 heavy (non-hydrogen) atoms. The van der Waals surface area contributed by atoms with Gasteiger partial charge in [0, 0.05) is 37.0 Å². The molecule has 1 atom stereocenters. The summed E-state index contributed by atoms with van der Waals surface area (Å²) in [6, 6.07) is 5.46. The minimum Gasteiger partial charge on any atom is -0.488 e. The highest BCUT2D eigenvalue weighted by Crippen LogP contribution is 2.32. The third-order valence-corrected chi connectivity index (χ3v) is 3.81. The Morgan fingerprint density at radius 2 is 2.22 bits per heavy atom. The molecule has 0 amide bonds. The monoisotopic (exact) mass is 269 g/mol. The normalized spacial score (nSPS) is 22.1. The topological polar surface area (TPSA) is 12.5 Å². The zero-order chi connectivity index (χ0) is 12.5. The van der Waals surface area contributed by atoms with Crippen molar-refractivity contribution >= 4 is 11.6 Å². The molecule has 1 aromatic rings. The molecule has 0 aromatic heterocycles. The van der Waals surface area contributed by atoms with Crippen LogP contribution in [0.5, 0.6) is 5.75 Å². The number of fused-ring (bicyclic) bond motifs is 1. The quantitative estimate of drug-likeness (QED) is 0.762. The highest BCUT2D eigenvalue weighted by molar-refractivity contribution is 6.18. The fourth-order valence-corrected chi connectivity index (χ4v) is 2.84.